The fourth-order valence-corrected chi connectivity index (χ4v) is 0.474. The Morgan fingerprint density at radius 1 is 1.31 bits per heavy atom. The van der Waals surface area contributed by atoms with E-state index in [-0.39, 0.29) is 0 Å². The van der Waals surface area contributed by atoms with Gasteiger partial charge in [-0.1, -0.05) is 20.4 Å². The molecular weight excluding hydrogens is 168 g/mol. The highest BCUT2D eigenvalue weighted by Gasteiger charge is 1.82. The third-order valence-corrected chi connectivity index (χ3v) is 1.06. The third-order valence-electron chi connectivity index (χ3n) is 1.06. The minimum Gasteiger partial charge on any atom is -0.466 e. The van der Waals surface area contributed by atoms with Gasteiger partial charge in [0.1, 0.15) is 0 Å². The Kier molecular flexibility index (Phi) is 15.5. The summed E-state index contributed by atoms with van der Waals surface area (Å²) in [6, 6.07) is 0. The first kappa shape index (κ1) is 14.7. The molecule has 0 aromatic carbocycles. The molecule has 0 aromatic heterocycles. The summed E-state index contributed by atoms with van der Waals surface area (Å²) in [6.45, 7) is 9.25. The van der Waals surface area contributed by atoms with Gasteiger partial charge in [-0.2, -0.15) is 0 Å². The number of esters is 1. The fourth-order valence-electron chi connectivity index (χ4n) is 0.474. The Labute approximate surface area is 80.7 Å². The van der Waals surface area contributed by atoms with E-state index in [1.54, 1.807) is 0 Å². The maximum atomic E-state index is 9.84. The van der Waals surface area contributed by atoms with E-state index in [4.69, 9.17) is 4.74 Å². The van der Waals surface area contributed by atoms with Gasteiger partial charge in [-0.25, -0.2) is 4.79 Å². The zero-order valence-corrected chi connectivity index (χ0v) is 8.84. The van der Waals surface area contributed by atoms with Gasteiger partial charge in [0.25, 0.3) is 0 Å². The van der Waals surface area contributed by atoms with E-state index in [2.05, 4.69) is 25.2 Å². The van der Waals surface area contributed by atoms with Gasteiger partial charge in [-0.05, 0) is 12.8 Å². The van der Waals surface area contributed by atoms with Gasteiger partial charge in [-0.3, -0.25) is 0 Å². The predicted molar refractivity (Wildman–Crippen MR) is 53.6 cm³/mol. The summed E-state index contributed by atoms with van der Waals surface area (Å²) in [5, 5.41) is 0. The van der Waals surface area contributed by atoms with Crippen LogP contribution in [-0.2, 0) is 14.3 Å². The summed E-state index contributed by atoms with van der Waals surface area (Å²) >= 11 is 0. The van der Waals surface area contributed by atoms with E-state index < -0.39 is 5.97 Å². The van der Waals surface area contributed by atoms with Crippen LogP contribution in [0, 0.1) is 0 Å². The van der Waals surface area contributed by atoms with Crippen LogP contribution >= 0.6 is 0 Å². The van der Waals surface area contributed by atoms with Crippen molar-refractivity contribution in [3.8, 4) is 0 Å². The van der Waals surface area contributed by atoms with Crippen LogP contribution in [0.5, 0.6) is 0 Å². The molecule has 0 atom stereocenters. The van der Waals surface area contributed by atoms with Gasteiger partial charge in [0.2, 0.25) is 0 Å². The lowest BCUT2D eigenvalue weighted by Crippen LogP contribution is -1.92. The van der Waals surface area contributed by atoms with Crippen LogP contribution in [-0.4, -0.2) is 26.3 Å². The molecule has 13 heavy (non-hydrogen) atoms. The van der Waals surface area contributed by atoms with E-state index in [1.165, 1.54) is 7.11 Å². The fraction of sp³-hybridized carbons (Fsp3) is 0.700. The molecular formula is C10H20O3. The van der Waals surface area contributed by atoms with Crippen LogP contribution in [0.4, 0.5) is 0 Å². The molecule has 0 aliphatic heterocycles. The summed E-state index contributed by atoms with van der Waals surface area (Å²) in [7, 11) is 1.31. The molecule has 0 aromatic rings. The lowest BCUT2D eigenvalue weighted by molar-refractivity contribution is -0.134. The van der Waals surface area contributed by atoms with Gasteiger partial charge >= 0.3 is 5.97 Å². The van der Waals surface area contributed by atoms with Crippen LogP contribution in [0.2, 0.25) is 0 Å². The first-order valence-corrected chi connectivity index (χ1v) is 4.50. The molecule has 0 radical (unpaired) electrons. The van der Waals surface area contributed by atoms with E-state index in [0.29, 0.717) is 0 Å². The third kappa shape index (κ3) is 18.3. The highest BCUT2D eigenvalue weighted by molar-refractivity contribution is 5.80. The molecule has 0 fully saturated rings. The predicted octanol–water partition coefficient (Wildman–Crippen LogP) is 2.17. The standard InChI is InChI=1S/C6H14O.C4H6O2/c1-3-5-7-6-4-2;1-3-4(5)6-2/h3-6H2,1-2H3;3H,1H2,2H3. The molecule has 0 aliphatic carbocycles. The van der Waals surface area contributed by atoms with Crippen LogP contribution in [0.15, 0.2) is 12.7 Å². The normalized spacial score (nSPS) is 8.23. The molecule has 0 unspecified atom stereocenters. The number of ether oxygens (including phenoxy) is 2. The number of hydrogen-bond acceptors (Lipinski definition) is 3. The zero-order chi connectivity index (χ0) is 10.5. The molecule has 0 saturated heterocycles. The Bertz CT molecular complexity index is 117. The van der Waals surface area contributed by atoms with Crippen molar-refractivity contribution in [2.75, 3.05) is 20.3 Å². The summed E-state index contributed by atoms with van der Waals surface area (Å²) in [5.74, 6) is -0.394. The second-order valence-corrected chi connectivity index (χ2v) is 2.34. The largest absolute Gasteiger partial charge is 0.466 e. The van der Waals surface area contributed by atoms with Crippen molar-refractivity contribution in [3.05, 3.63) is 12.7 Å². The highest BCUT2D eigenvalue weighted by Crippen LogP contribution is 1.81. The first-order valence-electron chi connectivity index (χ1n) is 4.50. The second kappa shape index (κ2) is 13.7. The molecule has 0 rings (SSSR count). The average Bonchev–Trinajstić information content (AvgIpc) is 2.18. The minimum absolute atomic E-state index is 0.394. The van der Waals surface area contributed by atoms with Crippen molar-refractivity contribution in [3.63, 3.8) is 0 Å². The number of methoxy groups -OCH3 is 1. The van der Waals surface area contributed by atoms with Crippen molar-refractivity contribution < 1.29 is 14.3 Å². The minimum atomic E-state index is -0.394. The summed E-state index contributed by atoms with van der Waals surface area (Å²) in [4.78, 5) is 9.84. The molecule has 78 valence electrons. The molecule has 3 heteroatoms. The summed E-state index contributed by atoms with van der Waals surface area (Å²) in [6.07, 6.45) is 3.39. The maximum absolute atomic E-state index is 9.84. The average molecular weight is 188 g/mol. The van der Waals surface area contributed by atoms with Crippen LogP contribution in [0.1, 0.15) is 26.7 Å². The van der Waals surface area contributed by atoms with E-state index >= 15 is 0 Å². The Hall–Kier alpha value is -0.830. The topological polar surface area (TPSA) is 35.5 Å². The molecule has 0 aliphatic rings. The van der Waals surface area contributed by atoms with E-state index in [1.807, 2.05) is 0 Å². The maximum Gasteiger partial charge on any atom is 0.329 e. The quantitative estimate of drug-likeness (QED) is 0.377. The van der Waals surface area contributed by atoms with Gasteiger partial charge in [0.15, 0.2) is 0 Å². The van der Waals surface area contributed by atoms with Gasteiger partial charge < -0.3 is 9.47 Å². The Morgan fingerprint density at radius 2 is 1.77 bits per heavy atom. The SMILES string of the molecule is C=CC(=O)OC.CCCOCCC. The number of carbonyl (C=O) groups excluding carboxylic acids is 1. The first-order chi connectivity index (χ1) is 6.22. The Balaban J connectivity index is 0. The van der Waals surface area contributed by atoms with Crippen molar-refractivity contribution in [2.24, 2.45) is 0 Å². The van der Waals surface area contributed by atoms with Gasteiger partial charge in [0, 0.05) is 19.3 Å². The van der Waals surface area contributed by atoms with E-state index in [0.717, 1.165) is 32.1 Å². The van der Waals surface area contributed by atoms with Crippen molar-refractivity contribution in [2.45, 2.75) is 26.7 Å². The number of rotatable bonds is 5. The Morgan fingerprint density at radius 3 is 1.92 bits per heavy atom. The zero-order valence-electron chi connectivity index (χ0n) is 8.84. The smallest absolute Gasteiger partial charge is 0.329 e. The molecule has 0 heterocycles. The van der Waals surface area contributed by atoms with Gasteiger partial charge in [0.05, 0.1) is 7.11 Å². The second-order valence-electron chi connectivity index (χ2n) is 2.34. The lowest BCUT2D eigenvalue weighted by atomic mass is 10.5. The molecule has 0 bridgehead atoms. The summed E-state index contributed by atoms with van der Waals surface area (Å²) < 4.78 is 9.27. The van der Waals surface area contributed by atoms with Gasteiger partial charge in [-0.15, -0.1) is 0 Å². The van der Waals surface area contributed by atoms with Crippen molar-refractivity contribution in [1.29, 1.82) is 0 Å². The van der Waals surface area contributed by atoms with Crippen LogP contribution in [0.25, 0.3) is 0 Å². The van der Waals surface area contributed by atoms with Crippen LogP contribution < -0.4 is 0 Å². The van der Waals surface area contributed by atoms with Crippen molar-refractivity contribution >= 4 is 5.97 Å². The molecule has 0 amide bonds. The highest BCUT2D eigenvalue weighted by atomic mass is 16.5. The lowest BCUT2D eigenvalue weighted by Gasteiger charge is -1.95. The molecule has 3 nitrogen and oxygen atoms in total. The van der Waals surface area contributed by atoms with Crippen molar-refractivity contribution in [1.82, 2.24) is 0 Å². The summed E-state index contributed by atoms with van der Waals surface area (Å²) in [5.41, 5.74) is 0. The number of hydrogen-bond donors (Lipinski definition) is 0. The molecule has 0 saturated carbocycles. The molecule has 0 spiro atoms. The van der Waals surface area contributed by atoms with Crippen LogP contribution in [0.3, 0.4) is 0 Å². The molecule has 0 N–H and O–H groups in total. The number of carbonyl (C=O) groups is 1. The van der Waals surface area contributed by atoms with E-state index in [9.17, 15) is 4.79 Å². The monoisotopic (exact) mass is 188 g/mol.